The van der Waals surface area contributed by atoms with Crippen LogP contribution in [0.4, 0.5) is 0 Å². The van der Waals surface area contributed by atoms with Crippen molar-refractivity contribution in [3.8, 4) is 0 Å². The van der Waals surface area contributed by atoms with E-state index < -0.39 is 0 Å². The van der Waals surface area contributed by atoms with Crippen LogP contribution in [0.1, 0.15) is 52.7 Å². The highest BCUT2D eigenvalue weighted by molar-refractivity contribution is 4.96. The minimum atomic E-state index is -0.0332. The van der Waals surface area contributed by atoms with Gasteiger partial charge in [0.2, 0.25) is 0 Å². The van der Waals surface area contributed by atoms with E-state index >= 15 is 0 Å². The van der Waals surface area contributed by atoms with Gasteiger partial charge in [0.15, 0.2) is 5.82 Å². The summed E-state index contributed by atoms with van der Waals surface area (Å²) in [7, 11) is 0. The molecule has 0 radical (unpaired) electrons. The summed E-state index contributed by atoms with van der Waals surface area (Å²) in [4.78, 5) is 0. The van der Waals surface area contributed by atoms with Gasteiger partial charge in [-0.15, -0.1) is 10.2 Å². The maximum atomic E-state index is 9.16. The Bertz CT molecular complexity index is 352. The van der Waals surface area contributed by atoms with Gasteiger partial charge < -0.3 is 9.67 Å². The number of nitrogens with zero attached hydrogens (tertiary/aromatic N) is 3. The Balaban J connectivity index is 2.71. The molecule has 0 aliphatic heterocycles. The van der Waals surface area contributed by atoms with Crippen LogP contribution < -0.4 is 0 Å². The average Bonchev–Trinajstić information content (AvgIpc) is 2.56. The number of aliphatic hydroxyl groups excluding tert-OH is 1. The highest BCUT2D eigenvalue weighted by Crippen LogP contribution is 2.26. The predicted octanol–water partition coefficient (Wildman–Crippen LogP) is 2.41. The summed E-state index contributed by atoms with van der Waals surface area (Å²) in [5.41, 5.74) is 0.344. The molecule has 0 bridgehead atoms. The van der Waals surface area contributed by atoms with Crippen LogP contribution in [0.3, 0.4) is 0 Å². The second kappa shape index (κ2) is 5.63. The fourth-order valence-electron chi connectivity index (χ4n) is 2.43. The SMILES string of the molecule is CCn1c(CO)nnc1CC(C)CC(C)(C)C. The number of hydrogen-bond acceptors (Lipinski definition) is 3. The molecule has 1 heterocycles. The third-order valence-corrected chi connectivity index (χ3v) is 2.85. The summed E-state index contributed by atoms with van der Waals surface area (Å²) in [6.07, 6.45) is 2.09. The first kappa shape index (κ1) is 14.2. The molecule has 0 aliphatic rings. The van der Waals surface area contributed by atoms with E-state index in [0.29, 0.717) is 17.2 Å². The van der Waals surface area contributed by atoms with Crippen LogP contribution in [0.25, 0.3) is 0 Å². The van der Waals surface area contributed by atoms with Crippen molar-refractivity contribution in [2.24, 2.45) is 11.3 Å². The van der Waals surface area contributed by atoms with E-state index in [1.807, 2.05) is 4.57 Å². The molecule has 0 saturated carbocycles. The number of rotatable bonds is 5. The van der Waals surface area contributed by atoms with Crippen molar-refractivity contribution < 1.29 is 5.11 Å². The fourth-order valence-corrected chi connectivity index (χ4v) is 2.43. The van der Waals surface area contributed by atoms with E-state index in [2.05, 4.69) is 44.8 Å². The van der Waals surface area contributed by atoms with Gasteiger partial charge in [-0.05, 0) is 24.7 Å². The second-order valence-corrected chi connectivity index (χ2v) is 6.01. The minimum absolute atomic E-state index is 0.0332. The van der Waals surface area contributed by atoms with E-state index in [4.69, 9.17) is 5.11 Å². The Labute approximate surface area is 104 Å². The summed E-state index contributed by atoms with van der Waals surface area (Å²) < 4.78 is 2.01. The first-order chi connectivity index (χ1) is 7.87. The zero-order valence-electron chi connectivity index (χ0n) is 11.7. The van der Waals surface area contributed by atoms with Crippen molar-refractivity contribution in [3.05, 3.63) is 11.6 Å². The Morgan fingerprint density at radius 1 is 1.24 bits per heavy atom. The Morgan fingerprint density at radius 2 is 1.82 bits per heavy atom. The molecule has 0 aromatic carbocycles. The van der Waals surface area contributed by atoms with Gasteiger partial charge in [-0.1, -0.05) is 27.7 Å². The summed E-state index contributed by atoms with van der Waals surface area (Å²) in [5.74, 6) is 2.25. The van der Waals surface area contributed by atoms with Gasteiger partial charge in [-0.3, -0.25) is 0 Å². The lowest BCUT2D eigenvalue weighted by atomic mass is 9.84. The van der Waals surface area contributed by atoms with Crippen molar-refractivity contribution in [1.29, 1.82) is 0 Å². The molecule has 1 aromatic rings. The van der Waals surface area contributed by atoms with Gasteiger partial charge in [-0.25, -0.2) is 0 Å². The second-order valence-electron chi connectivity index (χ2n) is 6.01. The smallest absolute Gasteiger partial charge is 0.158 e. The molecular formula is C13H25N3O. The average molecular weight is 239 g/mol. The molecular weight excluding hydrogens is 214 g/mol. The fraction of sp³-hybridized carbons (Fsp3) is 0.846. The lowest BCUT2D eigenvalue weighted by Crippen LogP contribution is -2.15. The predicted molar refractivity (Wildman–Crippen MR) is 68.6 cm³/mol. The minimum Gasteiger partial charge on any atom is -0.388 e. The molecule has 0 saturated heterocycles. The topological polar surface area (TPSA) is 50.9 Å². The molecule has 0 aliphatic carbocycles. The molecule has 0 amide bonds. The van der Waals surface area contributed by atoms with Crippen molar-refractivity contribution in [2.75, 3.05) is 0 Å². The van der Waals surface area contributed by atoms with Crippen LogP contribution in [0.2, 0.25) is 0 Å². The standard InChI is InChI=1S/C13H25N3O/c1-6-16-11(14-15-12(16)9-17)7-10(2)8-13(3,4)5/h10,17H,6-9H2,1-5H3. The molecule has 0 fully saturated rings. The normalized spacial score (nSPS) is 14.0. The summed E-state index contributed by atoms with van der Waals surface area (Å²) in [5, 5.41) is 17.4. The van der Waals surface area contributed by atoms with Crippen molar-refractivity contribution >= 4 is 0 Å². The van der Waals surface area contributed by atoms with Gasteiger partial charge >= 0.3 is 0 Å². The van der Waals surface area contributed by atoms with Crippen LogP contribution in [-0.4, -0.2) is 19.9 Å². The molecule has 1 atom stereocenters. The number of aromatic nitrogens is 3. The lowest BCUT2D eigenvalue weighted by Gasteiger charge is -2.23. The third-order valence-electron chi connectivity index (χ3n) is 2.85. The van der Waals surface area contributed by atoms with Crippen molar-refractivity contribution in [2.45, 2.75) is 60.6 Å². The Morgan fingerprint density at radius 3 is 2.29 bits per heavy atom. The van der Waals surface area contributed by atoms with Crippen LogP contribution in [-0.2, 0) is 19.6 Å². The van der Waals surface area contributed by atoms with Crippen LogP contribution >= 0.6 is 0 Å². The Kier molecular flexibility index (Phi) is 4.69. The number of hydrogen-bond donors (Lipinski definition) is 1. The van der Waals surface area contributed by atoms with Crippen LogP contribution in [0, 0.1) is 11.3 Å². The monoisotopic (exact) mass is 239 g/mol. The third kappa shape index (κ3) is 4.11. The quantitative estimate of drug-likeness (QED) is 0.858. The Hall–Kier alpha value is -0.900. The van der Waals surface area contributed by atoms with Crippen LogP contribution in [0.15, 0.2) is 0 Å². The van der Waals surface area contributed by atoms with Gasteiger partial charge in [0.05, 0.1) is 0 Å². The summed E-state index contributed by atoms with van der Waals surface area (Å²) >= 11 is 0. The first-order valence-electron chi connectivity index (χ1n) is 6.39. The zero-order valence-corrected chi connectivity index (χ0v) is 11.7. The van der Waals surface area contributed by atoms with Gasteiger partial charge in [0.1, 0.15) is 12.4 Å². The maximum Gasteiger partial charge on any atom is 0.158 e. The molecule has 1 N–H and O–H groups in total. The highest BCUT2D eigenvalue weighted by Gasteiger charge is 2.18. The maximum absolute atomic E-state index is 9.16. The van der Waals surface area contributed by atoms with E-state index in [9.17, 15) is 0 Å². The first-order valence-corrected chi connectivity index (χ1v) is 6.39. The van der Waals surface area contributed by atoms with E-state index in [1.54, 1.807) is 0 Å². The number of aliphatic hydroxyl groups is 1. The van der Waals surface area contributed by atoms with Crippen LogP contribution in [0.5, 0.6) is 0 Å². The zero-order chi connectivity index (χ0) is 13.1. The summed E-state index contributed by atoms with van der Waals surface area (Å²) in [6.45, 7) is 11.9. The molecule has 17 heavy (non-hydrogen) atoms. The van der Waals surface area contributed by atoms with Gasteiger partial charge in [0, 0.05) is 13.0 Å². The molecule has 0 spiro atoms. The van der Waals surface area contributed by atoms with E-state index in [-0.39, 0.29) is 6.61 Å². The van der Waals surface area contributed by atoms with Gasteiger partial charge in [0.25, 0.3) is 0 Å². The van der Waals surface area contributed by atoms with Gasteiger partial charge in [-0.2, -0.15) is 0 Å². The molecule has 1 unspecified atom stereocenters. The highest BCUT2D eigenvalue weighted by atomic mass is 16.3. The van der Waals surface area contributed by atoms with E-state index in [0.717, 1.165) is 25.2 Å². The molecule has 4 nitrogen and oxygen atoms in total. The largest absolute Gasteiger partial charge is 0.388 e. The summed E-state index contributed by atoms with van der Waals surface area (Å²) in [6, 6.07) is 0. The molecule has 98 valence electrons. The van der Waals surface area contributed by atoms with E-state index in [1.165, 1.54) is 0 Å². The molecule has 1 aromatic heterocycles. The van der Waals surface area contributed by atoms with Crippen molar-refractivity contribution in [1.82, 2.24) is 14.8 Å². The lowest BCUT2D eigenvalue weighted by molar-refractivity contribution is 0.263. The van der Waals surface area contributed by atoms with Crippen molar-refractivity contribution in [3.63, 3.8) is 0 Å². The molecule has 4 heteroatoms. The molecule has 1 rings (SSSR count).